The molecule has 16 heavy (non-hydrogen) atoms. The average molecular weight is 218 g/mol. The fourth-order valence-electron chi connectivity index (χ4n) is 2.03. The summed E-state index contributed by atoms with van der Waals surface area (Å²) in [6, 6.07) is 5.12. The molecule has 84 valence electrons. The summed E-state index contributed by atoms with van der Waals surface area (Å²) in [5.74, 6) is 0.0265. The summed E-state index contributed by atoms with van der Waals surface area (Å²) < 4.78 is 0. The molecule has 1 aromatic carbocycles. The first kappa shape index (κ1) is 10.8. The van der Waals surface area contributed by atoms with Crippen molar-refractivity contribution in [1.82, 2.24) is 0 Å². The van der Waals surface area contributed by atoms with Crippen LogP contribution >= 0.6 is 0 Å². The van der Waals surface area contributed by atoms with Gasteiger partial charge in [-0.2, -0.15) is 0 Å². The molecule has 1 aliphatic rings. The van der Waals surface area contributed by atoms with Gasteiger partial charge < -0.3 is 5.32 Å². The smallest absolute Gasteiger partial charge is 0.224 e. The molecule has 1 amide bonds. The molecule has 0 unspecified atom stereocenters. The molecule has 1 aromatic rings. The van der Waals surface area contributed by atoms with Crippen molar-refractivity contribution in [2.45, 2.75) is 32.1 Å². The quantitative estimate of drug-likeness (QED) is 0.736. The van der Waals surface area contributed by atoms with Crippen molar-refractivity contribution in [3.05, 3.63) is 28.7 Å². The molecule has 2 rings (SSSR count). The molecule has 0 aliphatic carbocycles. The Morgan fingerprint density at radius 3 is 2.81 bits per heavy atom. The Kier molecular flexibility index (Phi) is 2.50. The van der Waals surface area contributed by atoms with Crippen LogP contribution in [-0.2, 0) is 10.2 Å². The monoisotopic (exact) mass is 218 g/mol. The van der Waals surface area contributed by atoms with Gasteiger partial charge in [0, 0.05) is 12.1 Å². The predicted octanol–water partition coefficient (Wildman–Crippen LogP) is 3.09. The maximum absolute atomic E-state index is 11.5. The molecule has 0 saturated carbocycles. The molecule has 0 atom stereocenters. The molecule has 4 heteroatoms. The van der Waals surface area contributed by atoms with Crippen LogP contribution in [0.2, 0.25) is 0 Å². The summed E-state index contributed by atoms with van der Waals surface area (Å²) >= 11 is 0. The zero-order valence-corrected chi connectivity index (χ0v) is 9.41. The van der Waals surface area contributed by atoms with Crippen LogP contribution in [0.5, 0.6) is 0 Å². The van der Waals surface area contributed by atoms with Crippen LogP contribution < -0.4 is 5.32 Å². The maximum Gasteiger partial charge on any atom is 0.224 e. The third-order valence-electron chi connectivity index (χ3n) is 3.09. The first-order valence-corrected chi connectivity index (χ1v) is 5.31. The summed E-state index contributed by atoms with van der Waals surface area (Å²) in [7, 11) is 0. The Labute approximate surface area is 94.0 Å². The van der Waals surface area contributed by atoms with Crippen LogP contribution in [0.15, 0.2) is 23.4 Å². The molecule has 0 aromatic heterocycles. The SMILES string of the molecule is CC1(C)CCC(=O)Nc2ccc(N=O)cc21. The van der Waals surface area contributed by atoms with Crippen molar-refractivity contribution in [1.29, 1.82) is 0 Å². The van der Waals surface area contributed by atoms with E-state index in [9.17, 15) is 9.70 Å². The number of nitroso groups, excluding NO2 is 1. The Balaban J connectivity index is 2.56. The Bertz CT molecular complexity index is 452. The van der Waals surface area contributed by atoms with Crippen molar-refractivity contribution in [3.63, 3.8) is 0 Å². The molecular weight excluding hydrogens is 204 g/mol. The second kappa shape index (κ2) is 3.70. The number of benzene rings is 1. The van der Waals surface area contributed by atoms with Gasteiger partial charge in [-0.1, -0.05) is 13.8 Å². The zero-order chi connectivity index (χ0) is 11.8. The van der Waals surface area contributed by atoms with Gasteiger partial charge in [-0.05, 0) is 40.8 Å². The molecule has 0 saturated heterocycles. The first-order chi connectivity index (χ1) is 7.53. The van der Waals surface area contributed by atoms with Crippen LogP contribution in [0, 0.1) is 4.91 Å². The number of hydrogen-bond acceptors (Lipinski definition) is 3. The lowest BCUT2D eigenvalue weighted by Gasteiger charge is -2.24. The molecular formula is C12H14N2O2. The van der Waals surface area contributed by atoms with Gasteiger partial charge in [-0.15, -0.1) is 4.91 Å². The van der Waals surface area contributed by atoms with E-state index in [1.54, 1.807) is 18.2 Å². The van der Waals surface area contributed by atoms with Gasteiger partial charge in [-0.25, -0.2) is 0 Å². The number of carbonyl (C=O) groups excluding carboxylic acids is 1. The summed E-state index contributed by atoms with van der Waals surface area (Å²) in [5, 5.41) is 5.78. The van der Waals surface area contributed by atoms with E-state index >= 15 is 0 Å². The topological polar surface area (TPSA) is 58.5 Å². The number of nitrogens with zero attached hydrogens (tertiary/aromatic N) is 1. The van der Waals surface area contributed by atoms with E-state index in [4.69, 9.17) is 0 Å². The van der Waals surface area contributed by atoms with Crippen LogP contribution in [0.4, 0.5) is 11.4 Å². The van der Waals surface area contributed by atoms with Crippen molar-refractivity contribution >= 4 is 17.3 Å². The van der Waals surface area contributed by atoms with E-state index in [1.807, 2.05) is 0 Å². The Morgan fingerprint density at radius 2 is 2.12 bits per heavy atom. The molecule has 0 bridgehead atoms. The lowest BCUT2D eigenvalue weighted by Crippen LogP contribution is -2.16. The number of carbonyl (C=O) groups is 1. The molecule has 1 aliphatic heterocycles. The van der Waals surface area contributed by atoms with Crippen LogP contribution in [0.1, 0.15) is 32.3 Å². The molecule has 0 fully saturated rings. The standard InChI is InChI=1S/C12H14N2O2/c1-12(2)6-5-11(15)13-10-4-3-8(14-16)7-9(10)12/h3-4,7H,5-6H2,1-2H3,(H,13,15). The minimum atomic E-state index is -0.116. The summed E-state index contributed by atoms with van der Waals surface area (Å²) in [5.41, 5.74) is 2.06. The van der Waals surface area contributed by atoms with E-state index in [1.165, 1.54) is 0 Å². The van der Waals surface area contributed by atoms with E-state index in [0.717, 1.165) is 17.7 Å². The van der Waals surface area contributed by atoms with Crippen molar-refractivity contribution in [2.75, 3.05) is 5.32 Å². The van der Waals surface area contributed by atoms with Crippen molar-refractivity contribution in [3.8, 4) is 0 Å². The largest absolute Gasteiger partial charge is 0.326 e. The number of anilines is 1. The van der Waals surface area contributed by atoms with Crippen LogP contribution in [-0.4, -0.2) is 5.91 Å². The Morgan fingerprint density at radius 1 is 1.38 bits per heavy atom. The summed E-state index contributed by atoms with van der Waals surface area (Å²) in [6.45, 7) is 4.14. The highest BCUT2D eigenvalue weighted by Crippen LogP contribution is 2.38. The predicted molar refractivity (Wildman–Crippen MR) is 62.8 cm³/mol. The molecule has 0 radical (unpaired) electrons. The third kappa shape index (κ3) is 1.83. The van der Waals surface area contributed by atoms with E-state index in [-0.39, 0.29) is 11.3 Å². The van der Waals surface area contributed by atoms with Gasteiger partial charge in [0.25, 0.3) is 0 Å². The molecule has 1 heterocycles. The number of nitrogens with one attached hydrogen (secondary N) is 1. The number of fused-ring (bicyclic) bond motifs is 1. The van der Waals surface area contributed by atoms with Gasteiger partial charge in [0.05, 0.1) is 0 Å². The highest BCUT2D eigenvalue weighted by molar-refractivity contribution is 5.93. The highest BCUT2D eigenvalue weighted by Gasteiger charge is 2.28. The van der Waals surface area contributed by atoms with Crippen LogP contribution in [0.3, 0.4) is 0 Å². The van der Waals surface area contributed by atoms with Crippen molar-refractivity contribution in [2.24, 2.45) is 5.18 Å². The zero-order valence-electron chi connectivity index (χ0n) is 9.41. The Hall–Kier alpha value is -1.71. The summed E-state index contributed by atoms with van der Waals surface area (Å²) in [6.07, 6.45) is 1.28. The lowest BCUT2D eigenvalue weighted by atomic mass is 9.80. The fourth-order valence-corrected chi connectivity index (χ4v) is 2.03. The summed E-state index contributed by atoms with van der Waals surface area (Å²) in [4.78, 5) is 22.0. The first-order valence-electron chi connectivity index (χ1n) is 5.31. The number of hydrogen-bond donors (Lipinski definition) is 1. The molecule has 0 spiro atoms. The van der Waals surface area contributed by atoms with Crippen molar-refractivity contribution < 1.29 is 4.79 Å². The van der Waals surface area contributed by atoms with E-state index in [0.29, 0.717) is 12.1 Å². The second-order valence-corrected chi connectivity index (χ2v) is 4.75. The normalized spacial score (nSPS) is 18.2. The fraction of sp³-hybridized carbons (Fsp3) is 0.417. The highest BCUT2D eigenvalue weighted by atomic mass is 16.3. The van der Waals surface area contributed by atoms with Gasteiger partial charge in [-0.3, -0.25) is 4.79 Å². The maximum atomic E-state index is 11.5. The third-order valence-corrected chi connectivity index (χ3v) is 3.09. The molecule has 4 nitrogen and oxygen atoms in total. The molecule has 1 N–H and O–H groups in total. The van der Waals surface area contributed by atoms with Gasteiger partial charge in [0.15, 0.2) is 0 Å². The number of amides is 1. The lowest BCUT2D eigenvalue weighted by molar-refractivity contribution is -0.116. The number of rotatable bonds is 1. The van der Waals surface area contributed by atoms with Gasteiger partial charge in [0.2, 0.25) is 5.91 Å². The minimum absolute atomic E-state index is 0.0265. The van der Waals surface area contributed by atoms with Gasteiger partial charge >= 0.3 is 0 Å². The van der Waals surface area contributed by atoms with Gasteiger partial charge in [0.1, 0.15) is 5.69 Å². The minimum Gasteiger partial charge on any atom is -0.326 e. The van der Waals surface area contributed by atoms with Crippen LogP contribution in [0.25, 0.3) is 0 Å². The van der Waals surface area contributed by atoms with E-state index < -0.39 is 0 Å². The second-order valence-electron chi connectivity index (χ2n) is 4.75. The van der Waals surface area contributed by atoms with E-state index in [2.05, 4.69) is 24.3 Å². The average Bonchev–Trinajstić information content (AvgIpc) is 2.37.